The Bertz CT molecular complexity index is 3610. The van der Waals surface area contributed by atoms with Crippen LogP contribution >= 0.6 is 0 Å². The van der Waals surface area contributed by atoms with Crippen molar-refractivity contribution in [2.75, 3.05) is 0 Å². The fourth-order valence-electron chi connectivity index (χ4n) is 8.81. The summed E-state index contributed by atoms with van der Waals surface area (Å²) in [6.07, 6.45) is 0. The van der Waals surface area contributed by atoms with Gasteiger partial charge >= 0.3 is 0 Å². The Labute approximate surface area is 337 Å². The molecular formula is C52H30N6O. The second-order valence-electron chi connectivity index (χ2n) is 14.7. The van der Waals surface area contributed by atoms with Crippen molar-refractivity contribution in [1.82, 2.24) is 24.1 Å². The van der Waals surface area contributed by atoms with Crippen LogP contribution in [0.5, 0.6) is 0 Å². The third-order valence-corrected chi connectivity index (χ3v) is 11.4. The lowest BCUT2D eigenvalue weighted by Crippen LogP contribution is -2.02. The van der Waals surface area contributed by atoms with Crippen molar-refractivity contribution in [3.8, 4) is 51.6 Å². The summed E-state index contributed by atoms with van der Waals surface area (Å²) >= 11 is 0. The molecule has 12 rings (SSSR count). The van der Waals surface area contributed by atoms with Gasteiger partial charge in [0.25, 0.3) is 0 Å². The summed E-state index contributed by atoms with van der Waals surface area (Å²) in [5.74, 6) is 1.62. The first-order valence-electron chi connectivity index (χ1n) is 19.5. The Morgan fingerprint density at radius 1 is 0.441 bits per heavy atom. The number of furan rings is 1. The molecule has 4 heterocycles. The molecule has 0 aliphatic heterocycles. The second kappa shape index (κ2) is 12.8. The normalized spacial score (nSPS) is 11.7. The molecule has 7 heteroatoms. The van der Waals surface area contributed by atoms with Crippen molar-refractivity contribution in [3.63, 3.8) is 0 Å². The number of para-hydroxylation sites is 3. The molecular weight excluding hydrogens is 725 g/mol. The molecule has 7 nitrogen and oxygen atoms in total. The molecule has 0 radical (unpaired) electrons. The van der Waals surface area contributed by atoms with Crippen LogP contribution in [0.15, 0.2) is 186 Å². The third kappa shape index (κ3) is 4.97. The average molecular weight is 755 g/mol. The van der Waals surface area contributed by atoms with E-state index in [4.69, 9.17) is 19.4 Å². The number of fused-ring (bicyclic) bond motifs is 11. The first kappa shape index (κ1) is 32.9. The van der Waals surface area contributed by atoms with E-state index in [1.165, 1.54) is 0 Å². The number of nitrogens with zero attached hydrogens (tertiary/aromatic N) is 6. The van der Waals surface area contributed by atoms with E-state index in [2.05, 4.69) is 106 Å². The summed E-state index contributed by atoms with van der Waals surface area (Å²) in [4.78, 5) is 14.8. The van der Waals surface area contributed by atoms with E-state index < -0.39 is 0 Å². The van der Waals surface area contributed by atoms with Gasteiger partial charge in [-0.2, -0.15) is 5.26 Å². The number of hydrogen-bond donors (Lipinski definition) is 0. The van der Waals surface area contributed by atoms with E-state index in [9.17, 15) is 5.26 Å². The molecule has 274 valence electrons. The predicted octanol–water partition coefficient (Wildman–Crippen LogP) is 12.8. The van der Waals surface area contributed by atoms with Gasteiger partial charge in [-0.05, 0) is 60.7 Å². The molecule has 0 aliphatic rings. The van der Waals surface area contributed by atoms with Crippen LogP contribution < -0.4 is 0 Å². The zero-order valence-corrected chi connectivity index (χ0v) is 31.4. The molecule has 59 heavy (non-hydrogen) atoms. The molecule has 0 saturated heterocycles. The molecule has 0 atom stereocenters. The van der Waals surface area contributed by atoms with Crippen LogP contribution in [0.2, 0.25) is 0 Å². The Kier molecular flexibility index (Phi) is 7.16. The standard InChI is InChI=1S/C52H30N6O/c53-31-35-30-34(52-55-50(32-14-4-1-5-15-32)54-51(56-52)33-16-6-2-7-17-33)24-28-42(35)58-44-23-13-11-20-37(44)39-27-29-45-46(47(39)58)41-26-25-40-38-21-10-12-22-43(38)57(48(40)49(41)59-45)36-18-8-3-9-19-36/h1-30H. The minimum absolute atomic E-state index is 0.490. The molecule has 0 saturated carbocycles. The molecule has 0 aliphatic carbocycles. The Hall–Kier alpha value is -8.34. The largest absolute Gasteiger partial charge is 0.454 e. The quantitative estimate of drug-likeness (QED) is 0.175. The number of hydrogen-bond acceptors (Lipinski definition) is 5. The van der Waals surface area contributed by atoms with Crippen LogP contribution in [-0.4, -0.2) is 24.1 Å². The molecule has 0 fully saturated rings. The zero-order chi connectivity index (χ0) is 39.0. The van der Waals surface area contributed by atoms with Gasteiger partial charge in [-0.3, -0.25) is 0 Å². The summed E-state index contributed by atoms with van der Waals surface area (Å²) in [5.41, 5.74) is 10.5. The lowest BCUT2D eigenvalue weighted by Gasteiger charge is -2.13. The van der Waals surface area contributed by atoms with E-state index >= 15 is 0 Å². The van der Waals surface area contributed by atoms with Crippen molar-refractivity contribution in [2.24, 2.45) is 0 Å². The predicted molar refractivity (Wildman–Crippen MR) is 237 cm³/mol. The monoisotopic (exact) mass is 754 g/mol. The summed E-state index contributed by atoms with van der Waals surface area (Å²) in [7, 11) is 0. The molecule has 8 aromatic carbocycles. The van der Waals surface area contributed by atoms with Gasteiger partial charge in [-0.15, -0.1) is 0 Å². The van der Waals surface area contributed by atoms with Crippen molar-refractivity contribution >= 4 is 65.6 Å². The van der Waals surface area contributed by atoms with Gasteiger partial charge in [0.05, 0.1) is 38.7 Å². The van der Waals surface area contributed by atoms with E-state index in [0.29, 0.717) is 23.0 Å². The highest BCUT2D eigenvalue weighted by molar-refractivity contribution is 6.28. The highest BCUT2D eigenvalue weighted by Crippen LogP contribution is 2.45. The first-order chi connectivity index (χ1) is 29.2. The van der Waals surface area contributed by atoms with Crippen LogP contribution in [0.4, 0.5) is 0 Å². The topological polar surface area (TPSA) is 85.5 Å². The van der Waals surface area contributed by atoms with Crippen LogP contribution in [0.25, 0.3) is 111 Å². The average Bonchev–Trinajstić information content (AvgIpc) is 3.97. The van der Waals surface area contributed by atoms with Crippen LogP contribution in [0.3, 0.4) is 0 Å². The van der Waals surface area contributed by atoms with E-state index in [0.717, 1.165) is 93.6 Å². The van der Waals surface area contributed by atoms with Crippen LogP contribution in [0, 0.1) is 11.3 Å². The summed E-state index contributed by atoms with van der Waals surface area (Å²) in [5, 5.41) is 17.4. The summed E-state index contributed by atoms with van der Waals surface area (Å²) in [6, 6.07) is 64.3. The van der Waals surface area contributed by atoms with Gasteiger partial charge in [0.1, 0.15) is 11.7 Å². The number of rotatable bonds is 5. The van der Waals surface area contributed by atoms with Gasteiger partial charge in [0, 0.05) is 49.3 Å². The number of nitriles is 1. The molecule has 0 bridgehead atoms. The van der Waals surface area contributed by atoms with Gasteiger partial charge in [-0.25, -0.2) is 15.0 Å². The molecule has 0 N–H and O–H groups in total. The van der Waals surface area contributed by atoms with Gasteiger partial charge in [-0.1, -0.05) is 121 Å². The molecule has 0 amide bonds. The summed E-state index contributed by atoms with van der Waals surface area (Å²) in [6.45, 7) is 0. The van der Waals surface area contributed by atoms with Crippen molar-refractivity contribution in [1.29, 1.82) is 5.26 Å². The Morgan fingerprint density at radius 2 is 0.966 bits per heavy atom. The minimum Gasteiger partial charge on any atom is -0.454 e. The van der Waals surface area contributed by atoms with E-state index in [1.807, 2.05) is 91.0 Å². The van der Waals surface area contributed by atoms with Crippen molar-refractivity contribution < 1.29 is 4.42 Å². The van der Waals surface area contributed by atoms with E-state index in [-0.39, 0.29) is 0 Å². The Balaban J connectivity index is 1.12. The third-order valence-electron chi connectivity index (χ3n) is 11.4. The van der Waals surface area contributed by atoms with Gasteiger partial charge in [0.15, 0.2) is 23.1 Å². The number of benzene rings is 8. The fraction of sp³-hybridized carbons (Fsp3) is 0. The van der Waals surface area contributed by atoms with Crippen molar-refractivity contribution in [2.45, 2.75) is 0 Å². The first-order valence-corrected chi connectivity index (χ1v) is 19.5. The lowest BCUT2D eigenvalue weighted by atomic mass is 10.1. The number of aromatic nitrogens is 5. The second-order valence-corrected chi connectivity index (χ2v) is 14.7. The van der Waals surface area contributed by atoms with Crippen LogP contribution in [0.1, 0.15) is 5.56 Å². The fourth-order valence-corrected chi connectivity index (χ4v) is 8.81. The molecule has 4 aromatic heterocycles. The van der Waals surface area contributed by atoms with E-state index in [1.54, 1.807) is 0 Å². The molecule has 12 aromatic rings. The molecule has 0 spiro atoms. The highest BCUT2D eigenvalue weighted by Gasteiger charge is 2.24. The van der Waals surface area contributed by atoms with Crippen LogP contribution in [-0.2, 0) is 0 Å². The zero-order valence-electron chi connectivity index (χ0n) is 31.4. The maximum atomic E-state index is 10.9. The maximum absolute atomic E-state index is 10.9. The summed E-state index contributed by atoms with van der Waals surface area (Å²) < 4.78 is 11.5. The van der Waals surface area contributed by atoms with Crippen molar-refractivity contribution in [3.05, 3.63) is 188 Å². The Morgan fingerprint density at radius 3 is 1.61 bits per heavy atom. The lowest BCUT2D eigenvalue weighted by molar-refractivity contribution is 0.671. The maximum Gasteiger partial charge on any atom is 0.164 e. The SMILES string of the molecule is N#Cc1cc(-c2nc(-c3ccccc3)nc(-c3ccccc3)n2)ccc1-n1c2ccccc2c2ccc3oc4c(ccc5c6ccccc6n(-c6ccccc6)c54)c3c21. The highest BCUT2D eigenvalue weighted by atomic mass is 16.3. The minimum atomic E-state index is 0.490. The van der Waals surface area contributed by atoms with Gasteiger partial charge < -0.3 is 13.6 Å². The molecule has 0 unspecified atom stereocenters. The van der Waals surface area contributed by atoms with Gasteiger partial charge in [0.2, 0.25) is 0 Å². The smallest absolute Gasteiger partial charge is 0.164 e.